The number of methoxy groups -OCH3 is 1. The third-order valence-electron chi connectivity index (χ3n) is 2.51. The van der Waals surface area contributed by atoms with Gasteiger partial charge in [-0.3, -0.25) is 4.79 Å². The highest BCUT2D eigenvalue weighted by atomic mass is 19.1. The van der Waals surface area contributed by atoms with Gasteiger partial charge in [0.25, 0.3) is 0 Å². The summed E-state index contributed by atoms with van der Waals surface area (Å²) in [4.78, 5) is 10.9. The first-order chi connectivity index (χ1) is 8.56. The Morgan fingerprint density at radius 3 is 2.78 bits per heavy atom. The summed E-state index contributed by atoms with van der Waals surface area (Å²) in [6.07, 6.45) is 0.890. The predicted octanol–water partition coefficient (Wildman–Crippen LogP) is 2.62. The Labute approximate surface area is 107 Å². The highest BCUT2D eigenvalue weighted by Crippen LogP contribution is 2.20. The van der Waals surface area contributed by atoms with E-state index >= 15 is 0 Å². The molecule has 1 amide bonds. The maximum Gasteiger partial charge on any atom is 0.221 e. The van der Waals surface area contributed by atoms with Gasteiger partial charge in [0.05, 0.1) is 12.3 Å². The van der Waals surface area contributed by atoms with Crippen molar-refractivity contribution in [1.82, 2.24) is 0 Å². The summed E-state index contributed by atoms with van der Waals surface area (Å²) in [7, 11) is 1.64. The summed E-state index contributed by atoms with van der Waals surface area (Å²) in [5.74, 6) is -0.745. The van der Waals surface area contributed by atoms with Gasteiger partial charge in [-0.1, -0.05) is 6.92 Å². The van der Waals surface area contributed by atoms with Crippen molar-refractivity contribution in [2.45, 2.75) is 26.3 Å². The topological polar surface area (TPSA) is 50.4 Å². The minimum Gasteiger partial charge on any atom is -0.383 e. The first-order valence-electron chi connectivity index (χ1n) is 5.89. The number of ether oxygens (including phenoxy) is 1. The molecule has 0 bridgehead atoms. The SMILES string of the molecule is CCC(COC)Nc1ccc(F)c(NC(C)=O)c1. The number of nitrogens with one attached hydrogen (secondary N) is 2. The molecule has 0 heterocycles. The molecule has 0 fully saturated rings. The van der Waals surface area contributed by atoms with E-state index < -0.39 is 5.82 Å². The molecule has 0 saturated heterocycles. The fraction of sp³-hybridized carbons (Fsp3) is 0.462. The molecule has 18 heavy (non-hydrogen) atoms. The van der Waals surface area contributed by atoms with E-state index in [1.54, 1.807) is 19.2 Å². The van der Waals surface area contributed by atoms with Gasteiger partial charge in [-0.15, -0.1) is 0 Å². The highest BCUT2D eigenvalue weighted by Gasteiger charge is 2.09. The minimum absolute atomic E-state index is 0.158. The molecule has 0 radical (unpaired) electrons. The van der Waals surface area contributed by atoms with E-state index in [2.05, 4.69) is 10.6 Å². The third kappa shape index (κ3) is 4.33. The molecule has 1 unspecified atom stereocenters. The molecular formula is C13H19FN2O2. The second-order valence-electron chi connectivity index (χ2n) is 4.08. The molecule has 1 rings (SSSR count). The van der Waals surface area contributed by atoms with Crippen molar-refractivity contribution in [2.24, 2.45) is 0 Å². The Hall–Kier alpha value is -1.62. The summed E-state index contributed by atoms with van der Waals surface area (Å²) in [5.41, 5.74) is 0.934. The maximum atomic E-state index is 13.4. The average Bonchev–Trinajstić information content (AvgIpc) is 2.32. The lowest BCUT2D eigenvalue weighted by atomic mass is 10.2. The van der Waals surface area contributed by atoms with Crippen LogP contribution in [0.15, 0.2) is 18.2 Å². The van der Waals surface area contributed by atoms with Crippen LogP contribution < -0.4 is 10.6 Å². The van der Waals surface area contributed by atoms with Crippen LogP contribution in [0.1, 0.15) is 20.3 Å². The van der Waals surface area contributed by atoms with E-state index in [9.17, 15) is 9.18 Å². The zero-order chi connectivity index (χ0) is 13.5. The minimum atomic E-state index is -0.449. The van der Waals surface area contributed by atoms with Gasteiger partial charge in [0.1, 0.15) is 5.82 Å². The Morgan fingerprint density at radius 1 is 1.50 bits per heavy atom. The van der Waals surface area contributed by atoms with Crippen molar-refractivity contribution in [3.63, 3.8) is 0 Å². The van der Waals surface area contributed by atoms with Crippen molar-refractivity contribution in [1.29, 1.82) is 0 Å². The molecule has 4 nitrogen and oxygen atoms in total. The number of hydrogen-bond acceptors (Lipinski definition) is 3. The Kier molecular flexibility index (Phi) is 5.58. The van der Waals surface area contributed by atoms with Crippen LogP contribution >= 0.6 is 0 Å². The van der Waals surface area contributed by atoms with Crippen molar-refractivity contribution in [3.05, 3.63) is 24.0 Å². The van der Waals surface area contributed by atoms with E-state index in [-0.39, 0.29) is 17.6 Å². The second kappa shape index (κ2) is 6.96. The fourth-order valence-electron chi connectivity index (χ4n) is 1.60. The van der Waals surface area contributed by atoms with Crippen LogP contribution in [0.2, 0.25) is 0 Å². The molecule has 0 aliphatic rings. The number of halogens is 1. The smallest absolute Gasteiger partial charge is 0.221 e. The van der Waals surface area contributed by atoms with Crippen LogP contribution in [-0.2, 0) is 9.53 Å². The molecule has 0 aromatic heterocycles. The van der Waals surface area contributed by atoms with Crippen molar-refractivity contribution < 1.29 is 13.9 Å². The molecule has 1 aromatic carbocycles. The first kappa shape index (κ1) is 14.4. The van der Waals surface area contributed by atoms with Gasteiger partial charge >= 0.3 is 0 Å². The lowest BCUT2D eigenvalue weighted by Gasteiger charge is -2.18. The highest BCUT2D eigenvalue weighted by molar-refractivity contribution is 5.89. The number of amides is 1. The lowest BCUT2D eigenvalue weighted by Crippen LogP contribution is -2.24. The Morgan fingerprint density at radius 2 is 2.22 bits per heavy atom. The van der Waals surface area contributed by atoms with Crippen molar-refractivity contribution in [2.75, 3.05) is 24.4 Å². The van der Waals surface area contributed by atoms with Crippen LogP contribution in [0, 0.1) is 5.82 Å². The van der Waals surface area contributed by atoms with Crippen molar-refractivity contribution >= 4 is 17.3 Å². The third-order valence-corrected chi connectivity index (χ3v) is 2.51. The molecule has 0 aliphatic carbocycles. The molecular weight excluding hydrogens is 235 g/mol. The molecule has 1 aromatic rings. The Balaban J connectivity index is 2.80. The molecule has 100 valence electrons. The first-order valence-corrected chi connectivity index (χ1v) is 5.89. The zero-order valence-electron chi connectivity index (χ0n) is 10.9. The van der Waals surface area contributed by atoms with Gasteiger partial charge in [-0.25, -0.2) is 4.39 Å². The van der Waals surface area contributed by atoms with Crippen LogP contribution in [0.25, 0.3) is 0 Å². The molecule has 2 N–H and O–H groups in total. The van der Waals surface area contributed by atoms with Crippen LogP contribution in [0.4, 0.5) is 15.8 Å². The lowest BCUT2D eigenvalue weighted by molar-refractivity contribution is -0.114. The maximum absolute atomic E-state index is 13.4. The second-order valence-corrected chi connectivity index (χ2v) is 4.08. The van der Waals surface area contributed by atoms with E-state index in [1.165, 1.54) is 13.0 Å². The number of carbonyl (C=O) groups excluding carboxylic acids is 1. The quantitative estimate of drug-likeness (QED) is 0.820. The standard InChI is InChI=1S/C13H19FN2O2/c1-4-10(8-18-3)16-11-5-6-12(14)13(7-11)15-9(2)17/h5-7,10,16H,4,8H2,1-3H3,(H,15,17). The van der Waals surface area contributed by atoms with Gasteiger partial charge in [0.2, 0.25) is 5.91 Å². The zero-order valence-corrected chi connectivity index (χ0v) is 10.9. The summed E-state index contributed by atoms with van der Waals surface area (Å²) < 4.78 is 18.5. The molecule has 0 aliphatic heterocycles. The van der Waals surface area contributed by atoms with Gasteiger partial charge in [0.15, 0.2) is 0 Å². The molecule has 5 heteroatoms. The summed E-state index contributed by atoms with van der Waals surface area (Å²) >= 11 is 0. The Bertz CT molecular complexity index is 410. The number of anilines is 2. The van der Waals surface area contributed by atoms with Crippen LogP contribution in [0.5, 0.6) is 0 Å². The van der Waals surface area contributed by atoms with E-state index in [0.717, 1.165) is 12.1 Å². The molecule has 0 saturated carbocycles. The number of benzene rings is 1. The average molecular weight is 254 g/mol. The van der Waals surface area contributed by atoms with E-state index in [1.807, 2.05) is 6.92 Å². The normalized spacial score (nSPS) is 12.0. The van der Waals surface area contributed by atoms with Gasteiger partial charge in [-0.05, 0) is 24.6 Å². The number of carbonyl (C=O) groups is 1. The molecule has 0 spiro atoms. The fourth-order valence-corrected chi connectivity index (χ4v) is 1.60. The van der Waals surface area contributed by atoms with E-state index in [4.69, 9.17) is 4.74 Å². The molecule has 1 atom stereocenters. The van der Waals surface area contributed by atoms with Gasteiger partial charge < -0.3 is 15.4 Å². The van der Waals surface area contributed by atoms with Crippen LogP contribution in [0.3, 0.4) is 0 Å². The monoisotopic (exact) mass is 254 g/mol. The number of rotatable bonds is 6. The largest absolute Gasteiger partial charge is 0.383 e. The predicted molar refractivity (Wildman–Crippen MR) is 70.3 cm³/mol. The van der Waals surface area contributed by atoms with Gasteiger partial charge in [0, 0.05) is 25.8 Å². The number of hydrogen-bond donors (Lipinski definition) is 2. The van der Waals surface area contributed by atoms with Crippen LogP contribution in [-0.4, -0.2) is 25.7 Å². The summed E-state index contributed by atoms with van der Waals surface area (Å²) in [6, 6.07) is 4.70. The summed E-state index contributed by atoms with van der Waals surface area (Å²) in [5, 5.41) is 5.68. The van der Waals surface area contributed by atoms with Crippen molar-refractivity contribution in [3.8, 4) is 0 Å². The summed E-state index contributed by atoms with van der Waals surface area (Å²) in [6.45, 7) is 3.96. The van der Waals surface area contributed by atoms with E-state index in [0.29, 0.717) is 6.61 Å². The van der Waals surface area contributed by atoms with Gasteiger partial charge in [-0.2, -0.15) is 0 Å².